The summed E-state index contributed by atoms with van der Waals surface area (Å²) in [5.41, 5.74) is 0.847. The van der Waals surface area contributed by atoms with Gasteiger partial charge in [0.1, 0.15) is 6.61 Å². The predicted octanol–water partition coefficient (Wildman–Crippen LogP) is 1.55. The summed E-state index contributed by atoms with van der Waals surface area (Å²) in [6, 6.07) is 0. The van der Waals surface area contributed by atoms with Crippen LogP contribution in [-0.2, 0) is 4.84 Å². The van der Waals surface area contributed by atoms with Gasteiger partial charge in [-0.2, -0.15) is 5.10 Å². The van der Waals surface area contributed by atoms with Gasteiger partial charge in [-0.05, 0) is 22.6 Å². The lowest BCUT2D eigenvalue weighted by atomic mass is 10.5. The minimum Gasteiger partial charge on any atom is -0.392 e. The first kappa shape index (κ1) is 9.24. The normalized spacial score (nSPS) is 10.4. The van der Waals surface area contributed by atoms with Gasteiger partial charge in [0.15, 0.2) is 0 Å². The van der Waals surface area contributed by atoms with E-state index in [2.05, 4.69) is 44.5 Å². The number of rotatable bonds is 4. The lowest BCUT2D eigenvalue weighted by Gasteiger charge is -1.90. The summed E-state index contributed by atoms with van der Waals surface area (Å²) in [4.78, 5) is 4.81. The molecule has 4 nitrogen and oxygen atoms in total. The van der Waals surface area contributed by atoms with E-state index in [1.807, 2.05) is 0 Å². The van der Waals surface area contributed by atoms with Crippen molar-refractivity contribution in [3.8, 4) is 0 Å². The largest absolute Gasteiger partial charge is 0.392 e. The monoisotopic (exact) mass is 277 g/mol. The molecule has 0 saturated carbocycles. The van der Waals surface area contributed by atoms with Crippen molar-refractivity contribution in [3.63, 3.8) is 0 Å². The quantitative estimate of drug-likeness (QED) is 0.298. The van der Waals surface area contributed by atoms with Gasteiger partial charge in [0.2, 0.25) is 0 Å². The van der Waals surface area contributed by atoms with E-state index in [-0.39, 0.29) is 0 Å². The molecule has 0 aromatic carbocycles. The van der Waals surface area contributed by atoms with E-state index in [0.717, 1.165) is 9.26 Å². The van der Waals surface area contributed by atoms with Crippen molar-refractivity contribution in [2.45, 2.75) is 0 Å². The third kappa shape index (κ3) is 2.65. The van der Waals surface area contributed by atoms with Gasteiger partial charge in [-0.15, -0.1) is 0 Å². The molecule has 0 atom stereocenters. The molecule has 1 rings (SSSR count). The number of oxime groups is 1. The second kappa shape index (κ2) is 4.91. The molecule has 0 saturated heterocycles. The maximum absolute atomic E-state index is 4.81. The molecule has 1 N–H and O–H groups in total. The van der Waals surface area contributed by atoms with Crippen molar-refractivity contribution in [2.24, 2.45) is 5.16 Å². The minimum absolute atomic E-state index is 0.418. The van der Waals surface area contributed by atoms with E-state index in [1.54, 1.807) is 18.5 Å². The zero-order valence-electron chi connectivity index (χ0n) is 6.33. The van der Waals surface area contributed by atoms with E-state index < -0.39 is 0 Å². The van der Waals surface area contributed by atoms with Crippen LogP contribution < -0.4 is 0 Å². The van der Waals surface area contributed by atoms with Gasteiger partial charge in [-0.3, -0.25) is 5.10 Å². The van der Waals surface area contributed by atoms with Crippen molar-refractivity contribution in [2.75, 3.05) is 6.61 Å². The Labute approximate surface area is 83.8 Å². The SMILES string of the molecule is C=CCO/N=C/c1[nH]ncc1I. The van der Waals surface area contributed by atoms with Crippen LogP contribution in [0.5, 0.6) is 0 Å². The number of hydrogen-bond donors (Lipinski definition) is 1. The molecular formula is C7H8IN3O. The molecule has 1 aromatic rings. The predicted molar refractivity (Wildman–Crippen MR) is 55.0 cm³/mol. The fourth-order valence-electron chi connectivity index (χ4n) is 0.558. The average Bonchev–Trinajstić information content (AvgIpc) is 2.46. The van der Waals surface area contributed by atoms with Gasteiger partial charge in [-0.25, -0.2) is 0 Å². The van der Waals surface area contributed by atoms with Gasteiger partial charge < -0.3 is 4.84 Å². The van der Waals surface area contributed by atoms with Crippen LogP contribution in [0.15, 0.2) is 24.0 Å². The highest BCUT2D eigenvalue weighted by atomic mass is 127. The molecule has 0 aliphatic heterocycles. The Kier molecular flexibility index (Phi) is 3.78. The van der Waals surface area contributed by atoms with E-state index in [1.165, 1.54) is 0 Å². The fourth-order valence-corrected chi connectivity index (χ4v) is 0.957. The Morgan fingerprint density at radius 1 is 1.83 bits per heavy atom. The third-order valence-electron chi connectivity index (χ3n) is 1.07. The van der Waals surface area contributed by atoms with Gasteiger partial charge >= 0.3 is 0 Å². The number of nitrogens with zero attached hydrogens (tertiary/aromatic N) is 2. The maximum atomic E-state index is 4.81. The van der Waals surface area contributed by atoms with Crippen molar-refractivity contribution in [1.82, 2.24) is 10.2 Å². The standard InChI is InChI=1S/C7H8IN3O/c1-2-3-12-10-5-7-6(8)4-9-11-7/h2,4-5H,1,3H2,(H,9,11)/b10-5+. The van der Waals surface area contributed by atoms with Gasteiger partial charge in [0, 0.05) is 0 Å². The Hall–Kier alpha value is -0.850. The zero-order valence-corrected chi connectivity index (χ0v) is 8.48. The van der Waals surface area contributed by atoms with Gasteiger partial charge in [0.05, 0.1) is 21.7 Å². The fraction of sp³-hybridized carbons (Fsp3) is 0.143. The van der Waals surface area contributed by atoms with Gasteiger partial charge in [0.25, 0.3) is 0 Å². The summed E-state index contributed by atoms with van der Waals surface area (Å²) in [5.74, 6) is 0. The summed E-state index contributed by atoms with van der Waals surface area (Å²) < 4.78 is 1.01. The number of nitrogens with one attached hydrogen (secondary N) is 1. The van der Waals surface area contributed by atoms with Crippen molar-refractivity contribution in [3.05, 3.63) is 28.1 Å². The highest BCUT2D eigenvalue weighted by Crippen LogP contribution is 2.04. The molecule has 12 heavy (non-hydrogen) atoms. The molecule has 0 unspecified atom stereocenters. The third-order valence-corrected chi connectivity index (χ3v) is 1.93. The van der Waals surface area contributed by atoms with E-state index in [4.69, 9.17) is 4.84 Å². The molecular weight excluding hydrogens is 269 g/mol. The van der Waals surface area contributed by atoms with Crippen molar-refractivity contribution in [1.29, 1.82) is 0 Å². The van der Waals surface area contributed by atoms with Crippen LogP contribution in [0.2, 0.25) is 0 Å². The summed E-state index contributed by atoms with van der Waals surface area (Å²) in [7, 11) is 0. The molecule has 0 bridgehead atoms. The molecule has 0 spiro atoms. The lowest BCUT2D eigenvalue weighted by molar-refractivity contribution is 0.176. The molecule has 0 radical (unpaired) electrons. The van der Waals surface area contributed by atoms with E-state index >= 15 is 0 Å². The first-order chi connectivity index (χ1) is 5.84. The molecule has 0 aliphatic rings. The second-order valence-electron chi connectivity index (χ2n) is 1.95. The number of halogens is 1. The Balaban J connectivity index is 2.46. The second-order valence-corrected chi connectivity index (χ2v) is 3.11. The molecule has 0 amide bonds. The molecule has 1 aromatic heterocycles. The lowest BCUT2D eigenvalue weighted by Crippen LogP contribution is -1.87. The number of H-pyrrole nitrogens is 1. The Bertz CT molecular complexity index is 282. The summed E-state index contributed by atoms with van der Waals surface area (Å²) in [6.45, 7) is 3.91. The highest BCUT2D eigenvalue weighted by molar-refractivity contribution is 14.1. The van der Waals surface area contributed by atoms with Crippen LogP contribution in [0.3, 0.4) is 0 Å². The molecule has 1 heterocycles. The van der Waals surface area contributed by atoms with Gasteiger partial charge in [-0.1, -0.05) is 17.8 Å². The Morgan fingerprint density at radius 2 is 2.67 bits per heavy atom. The number of aromatic amines is 1. The van der Waals surface area contributed by atoms with Crippen LogP contribution in [0, 0.1) is 3.57 Å². The summed E-state index contributed by atoms with van der Waals surface area (Å²) in [6.07, 6.45) is 4.93. The van der Waals surface area contributed by atoms with E-state index in [0.29, 0.717) is 6.61 Å². The maximum Gasteiger partial charge on any atom is 0.135 e. The van der Waals surface area contributed by atoms with Crippen molar-refractivity contribution < 1.29 is 4.84 Å². The topological polar surface area (TPSA) is 50.3 Å². The summed E-state index contributed by atoms with van der Waals surface area (Å²) in [5, 5.41) is 10.3. The minimum atomic E-state index is 0.418. The van der Waals surface area contributed by atoms with Crippen LogP contribution in [-0.4, -0.2) is 23.0 Å². The molecule has 5 heteroatoms. The zero-order chi connectivity index (χ0) is 8.81. The smallest absolute Gasteiger partial charge is 0.135 e. The first-order valence-corrected chi connectivity index (χ1v) is 4.37. The van der Waals surface area contributed by atoms with Crippen LogP contribution in [0.1, 0.15) is 5.69 Å². The highest BCUT2D eigenvalue weighted by Gasteiger charge is 1.96. The summed E-state index contributed by atoms with van der Waals surface area (Å²) >= 11 is 2.16. The van der Waals surface area contributed by atoms with Crippen molar-refractivity contribution >= 4 is 28.8 Å². The van der Waals surface area contributed by atoms with E-state index in [9.17, 15) is 0 Å². The number of aromatic nitrogens is 2. The average molecular weight is 277 g/mol. The van der Waals surface area contributed by atoms with Crippen LogP contribution in [0.25, 0.3) is 0 Å². The number of hydrogen-bond acceptors (Lipinski definition) is 3. The first-order valence-electron chi connectivity index (χ1n) is 3.29. The molecule has 64 valence electrons. The van der Waals surface area contributed by atoms with Crippen LogP contribution >= 0.6 is 22.6 Å². The molecule has 0 fully saturated rings. The molecule has 0 aliphatic carbocycles. The van der Waals surface area contributed by atoms with Crippen LogP contribution in [0.4, 0.5) is 0 Å². The Morgan fingerprint density at radius 3 is 3.25 bits per heavy atom.